The molecular formula is C28H29N3O4. The van der Waals surface area contributed by atoms with Crippen molar-refractivity contribution in [3.8, 4) is 22.6 Å². The molecular weight excluding hydrogens is 442 g/mol. The lowest BCUT2D eigenvalue weighted by molar-refractivity contribution is -0.123. The highest BCUT2D eigenvalue weighted by Crippen LogP contribution is 2.34. The molecule has 1 saturated heterocycles. The van der Waals surface area contributed by atoms with Gasteiger partial charge in [0, 0.05) is 28.9 Å². The van der Waals surface area contributed by atoms with Crippen molar-refractivity contribution in [3.63, 3.8) is 0 Å². The highest BCUT2D eigenvalue weighted by atomic mass is 16.7. The van der Waals surface area contributed by atoms with Gasteiger partial charge in [0.1, 0.15) is 0 Å². The first-order valence-corrected chi connectivity index (χ1v) is 12.0. The molecule has 1 unspecified atom stereocenters. The van der Waals surface area contributed by atoms with E-state index < -0.39 is 0 Å². The Morgan fingerprint density at radius 3 is 2.40 bits per heavy atom. The molecule has 0 saturated carbocycles. The Labute approximate surface area is 205 Å². The Kier molecular flexibility index (Phi) is 6.68. The largest absolute Gasteiger partial charge is 0.454 e. The summed E-state index contributed by atoms with van der Waals surface area (Å²) in [7, 11) is 0. The van der Waals surface area contributed by atoms with Gasteiger partial charge in [-0.05, 0) is 56.6 Å². The van der Waals surface area contributed by atoms with Crippen LogP contribution in [-0.4, -0.2) is 42.6 Å². The first-order valence-electron chi connectivity index (χ1n) is 12.0. The highest BCUT2D eigenvalue weighted by Gasteiger charge is 2.30. The lowest BCUT2D eigenvalue weighted by Gasteiger charge is -2.34. The quantitative estimate of drug-likeness (QED) is 0.542. The van der Waals surface area contributed by atoms with Crippen LogP contribution in [0.25, 0.3) is 11.1 Å². The van der Waals surface area contributed by atoms with E-state index in [1.54, 1.807) is 12.1 Å². The van der Waals surface area contributed by atoms with E-state index in [9.17, 15) is 9.59 Å². The van der Waals surface area contributed by atoms with Crippen molar-refractivity contribution in [3.05, 3.63) is 72.8 Å². The van der Waals surface area contributed by atoms with Crippen molar-refractivity contribution in [1.29, 1.82) is 0 Å². The predicted molar refractivity (Wildman–Crippen MR) is 135 cm³/mol. The van der Waals surface area contributed by atoms with Crippen LogP contribution in [0.15, 0.2) is 72.8 Å². The molecule has 180 valence electrons. The maximum atomic E-state index is 13.1. The lowest BCUT2D eigenvalue weighted by Crippen LogP contribution is -2.47. The van der Waals surface area contributed by atoms with Crippen molar-refractivity contribution in [1.82, 2.24) is 4.90 Å². The zero-order chi connectivity index (χ0) is 24.2. The third-order valence-corrected chi connectivity index (χ3v) is 6.74. The van der Waals surface area contributed by atoms with Crippen molar-refractivity contribution in [2.45, 2.75) is 25.8 Å². The van der Waals surface area contributed by atoms with E-state index in [1.165, 1.54) is 0 Å². The molecule has 0 spiro atoms. The van der Waals surface area contributed by atoms with E-state index in [4.69, 9.17) is 9.47 Å². The lowest BCUT2D eigenvalue weighted by atomic mass is 9.94. The number of carbonyl (C=O) groups excluding carboxylic acids is 2. The molecule has 2 aliphatic rings. The Hall–Kier alpha value is -3.84. The maximum Gasteiger partial charge on any atom is 0.241 e. The van der Waals surface area contributed by atoms with Crippen LogP contribution in [0.2, 0.25) is 0 Å². The fraction of sp³-hybridized carbons (Fsp3) is 0.286. The standard InChI is InChI=1S/C28H29N3O4/c1-19(27(32)30-24-10-6-5-9-23(24)20-7-3-2-4-8-20)31-15-13-21(14-16-31)28(33)29-22-11-12-25-26(17-22)35-18-34-25/h2-12,17,19,21H,13-16,18H2,1H3,(H,29,33)(H,30,32). The molecule has 3 aromatic carbocycles. The summed E-state index contributed by atoms with van der Waals surface area (Å²) in [5.41, 5.74) is 3.55. The van der Waals surface area contributed by atoms with Crippen molar-refractivity contribution in [2.24, 2.45) is 5.92 Å². The van der Waals surface area contributed by atoms with Gasteiger partial charge in [-0.2, -0.15) is 0 Å². The minimum atomic E-state index is -0.295. The normalized spacial score (nSPS) is 16.5. The first kappa shape index (κ1) is 22.9. The number of rotatable bonds is 6. The highest BCUT2D eigenvalue weighted by molar-refractivity contribution is 5.98. The number of ether oxygens (including phenoxy) is 2. The molecule has 2 N–H and O–H groups in total. The van der Waals surface area contributed by atoms with Gasteiger partial charge in [-0.3, -0.25) is 14.5 Å². The summed E-state index contributed by atoms with van der Waals surface area (Å²) in [5, 5.41) is 6.10. The summed E-state index contributed by atoms with van der Waals surface area (Å²) in [4.78, 5) is 28.0. The molecule has 0 aromatic heterocycles. The fourth-order valence-corrected chi connectivity index (χ4v) is 4.63. The van der Waals surface area contributed by atoms with Crippen molar-refractivity contribution < 1.29 is 19.1 Å². The smallest absolute Gasteiger partial charge is 0.241 e. The summed E-state index contributed by atoms with van der Waals surface area (Å²) in [5.74, 6) is 1.20. The van der Waals surface area contributed by atoms with Gasteiger partial charge in [0.15, 0.2) is 11.5 Å². The summed E-state index contributed by atoms with van der Waals surface area (Å²) in [6.07, 6.45) is 1.41. The molecule has 2 heterocycles. The number of hydrogen-bond acceptors (Lipinski definition) is 5. The van der Waals surface area contributed by atoms with Crippen LogP contribution in [0.5, 0.6) is 11.5 Å². The Balaban J connectivity index is 1.16. The molecule has 0 bridgehead atoms. The second-order valence-electron chi connectivity index (χ2n) is 8.94. The molecule has 35 heavy (non-hydrogen) atoms. The van der Waals surface area contributed by atoms with Crippen LogP contribution in [0.3, 0.4) is 0 Å². The van der Waals surface area contributed by atoms with Gasteiger partial charge in [-0.25, -0.2) is 0 Å². The van der Waals surface area contributed by atoms with Crippen LogP contribution in [0, 0.1) is 5.92 Å². The van der Waals surface area contributed by atoms with Gasteiger partial charge in [0.2, 0.25) is 18.6 Å². The number of nitrogens with zero attached hydrogens (tertiary/aromatic N) is 1. The zero-order valence-electron chi connectivity index (χ0n) is 19.7. The SMILES string of the molecule is CC(C(=O)Nc1ccccc1-c1ccccc1)N1CCC(C(=O)Nc2ccc3c(c2)OCO3)CC1. The Morgan fingerprint density at radius 1 is 0.886 bits per heavy atom. The number of fused-ring (bicyclic) bond motifs is 1. The number of anilines is 2. The molecule has 3 aromatic rings. The monoisotopic (exact) mass is 471 g/mol. The first-order chi connectivity index (χ1) is 17.1. The van der Waals surface area contributed by atoms with E-state index in [0.717, 1.165) is 16.8 Å². The second-order valence-corrected chi connectivity index (χ2v) is 8.94. The summed E-state index contributed by atoms with van der Waals surface area (Å²) >= 11 is 0. The minimum absolute atomic E-state index is 0.00240. The number of hydrogen-bond donors (Lipinski definition) is 2. The fourth-order valence-electron chi connectivity index (χ4n) is 4.63. The summed E-state index contributed by atoms with van der Waals surface area (Å²) < 4.78 is 10.7. The van der Waals surface area contributed by atoms with Gasteiger partial charge < -0.3 is 20.1 Å². The number of nitrogens with one attached hydrogen (secondary N) is 2. The van der Waals surface area contributed by atoms with E-state index >= 15 is 0 Å². The number of carbonyl (C=O) groups is 2. The molecule has 5 rings (SSSR count). The molecule has 1 atom stereocenters. The van der Waals surface area contributed by atoms with Crippen LogP contribution in [-0.2, 0) is 9.59 Å². The van der Waals surface area contributed by atoms with E-state index in [1.807, 2.05) is 67.6 Å². The third-order valence-electron chi connectivity index (χ3n) is 6.74. The van der Waals surface area contributed by atoms with Gasteiger partial charge in [-0.15, -0.1) is 0 Å². The molecule has 2 amide bonds. The number of para-hydroxylation sites is 1. The van der Waals surface area contributed by atoms with Gasteiger partial charge in [0.25, 0.3) is 0 Å². The van der Waals surface area contributed by atoms with Crippen LogP contribution in [0.1, 0.15) is 19.8 Å². The van der Waals surface area contributed by atoms with E-state index in [-0.39, 0.29) is 30.6 Å². The van der Waals surface area contributed by atoms with E-state index in [0.29, 0.717) is 43.1 Å². The molecule has 7 nitrogen and oxygen atoms in total. The number of benzene rings is 3. The zero-order valence-corrected chi connectivity index (χ0v) is 19.7. The average Bonchev–Trinajstić information content (AvgIpc) is 3.37. The summed E-state index contributed by atoms with van der Waals surface area (Å²) in [6.45, 7) is 3.50. The third kappa shape index (κ3) is 5.15. The number of likely N-dealkylation sites (tertiary alicyclic amines) is 1. The Bertz CT molecular complexity index is 1210. The molecule has 7 heteroatoms. The molecule has 0 aliphatic carbocycles. The Morgan fingerprint density at radius 2 is 1.60 bits per heavy atom. The van der Waals surface area contributed by atoms with Gasteiger partial charge >= 0.3 is 0 Å². The topological polar surface area (TPSA) is 79.9 Å². The van der Waals surface area contributed by atoms with Crippen molar-refractivity contribution in [2.75, 3.05) is 30.5 Å². The molecule has 2 aliphatic heterocycles. The predicted octanol–water partition coefficient (Wildman–Crippen LogP) is 4.76. The average molecular weight is 472 g/mol. The van der Waals surface area contributed by atoms with Crippen molar-refractivity contribution >= 4 is 23.2 Å². The van der Waals surface area contributed by atoms with Gasteiger partial charge in [0.05, 0.1) is 6.04 Å². The van der Waals surface area contributed by atoms with E-state index in [2.05, 4.69) is 15.5 Å². The minimum Gasteiger partial charge on any atom is -0.454 e. The second kappa shape index (κ2) is 10.2. The van der Waals surface area contributed by atoms with Crippen LogP contribution in [0.4, 0.5) is 11.4 Å². The molecule has 0 radical (unpaired) electrons. The molecule has 1 fully saturated rings. The van der Waals surface area contributed by atoms with Gasteiger partial charge in [-0.1, -0.05) is 48.5 Å². The number of piperidine rings is 1. The number of amides is 2. The summed E-state index contributed by atoms with van der Waals surface area (Å²) in [6, 6.07) is 23.0. The van der Waals surface area contributed by atoms with Crippen LogP contribution >= 0.6 is 0 Å². The van der Waals surface area contributed by atoms with Crippen LogP contribution < -0.4 is 20.1 Å². The maximum absolute atomic E-state index is 13.1.